The Morgan fingerprint density at radius 3 is 2.72 bits per heavy atom. The Balaban J connectivity index is 1.51. The molecular formula is C18H27N5O2. The van der Waals surface area contributed by atoms with E-state index in [9.17, 15) is 4.79 Å². The molecule has 2 fully saturated rings. The van der Waals surface area contributed by atoms with Crippen molar-refractivity contribution in [1.29, 1.82) is 0 Å². The fourth-order valence-corrected chi connectivity index (χ4v) is 4.21. The normalized spacial score (nSPS) is 24.2. The van der Waals surface area contributed by atoms with Crippen LogP contribution in [0.5, 0.6) is 0 Å². The smallest absolute Gasteiger partial charge is 0.228 e. The number of carbonyl (C=O) groups is 1. The van der Waals surface area contributed by atoms with Gasteiger partial charge in [0.1, 0.15) is 5.82 Å². The first kappa shape index (κ1) is 16.6. The number of anilines is 2. The Hall–Kier alpha value is -1.89. The number of nitrogens with zero attached hydrogens (tertiary/aromatic N) is 3. The van der Waals surface area contributed by atoms with Crippen LogP contribution in [0.2, 0.25) is 0 Å². The highest BCUT2D eigenvalue weighted by Crippen LogP contribution is 2.27. The quantitative estimate of drug-likeness (QED) is 0.859. The van der Waals surface area contributed by atoms with Gasteiger partial charge < -0.3 is 20.7 Å². The van der Waals surface area contributed by atoms with Crippen molar-refractivity contribution < 1.29 is 9.53 Å². The summed E-state index contributed by atoms with van der Waals surface area (Å²) in [5.41, 5.74) is 8.07. The third-order valence-electron chi connectivity index (χ3n) is 5.65. The highest BCUT2D eigenvalue weighted by molar-refractivity contribution is 5.79. The van der Waals surface area contributed by atoms with Gasteiger partial charge in [0.25, 0.3) is 0 Å². The van der Waals surface area contributed by atoms with E-state index in [1.54, 1.807) is 0 Å². The van der Waals surface area contributed by atoms with Crippen LogP contribution in [0.4, 0.5) is 11.8 Å². The van der Waals surface area contributed by atoms with Gasteiger partial charge in [-0.3, -0.25) is 4.79 Å². The van der Waals surface area contributed by atoms with Crippen LogP contribution in [-0.4, -0.2) is 53.1 Å². The van der Waals surface area contributed by atoms with Crippen molar-refractivity contribution in [2.75, 3.05) is 37.4 Å². The van der Waals surface area contributed by atoms with E-state index in [1.165, 1.54) is 25.7 Å². The van der Waals surface area contributed by atoms with Gasteiger partial charge in [0.05, 0.1) is 18.2 Å². The monoisotopic (exact) mass is 345 g/mol. The van der Waals surface area contributed by atoms with Crippen LogP contribution in [0.15, 0.2) is 0 Å². The topological polar surface area (TPSA) is 93.4 Å². The average molecular weight is 345 g/mol. The minimum atomic E-state index is 0.0217. The molecule has 0 radical (unpaired) electrons. The number of hydrogen-bond acceptors (Lipinski definition) is 6. The molecule has 1 aromatic rings. The number of fused-ring (bicyclic) bond motifs is 1. The average Bonchev–Trinajstić information content (AvgIpc) is 3.26. The van der Waals surface area contributed by atoms with E-state index in [0.717, 1.165) is 42.9 Å². The molecule has 7 heteroatoms. The number of amides is 1. The second-order valence-electron chi connectivity index (χ2n) is 7.37. The van der Waals surface area contributed by atoms with E-state index >= 15 is 0 Å². The Bertz CT molecular complexity index is 639. The van der Waals surface area contributed by atoms with Crippen LogP contribution in [0.1, 0.15) is 43.4 Å². The lowest BCUT2D eigenvalue weighted by atomic mass is 10.1. The summed E-state index contributed by atoms with van der Waals surface area (Å²) >= 11 is 0. The summed E-state index contributed by atoms with van der Waals surface area (Å²) in [5.74, 6) is 1.45. The van der Waals surface area contributed by atoms with Gasteiger partial charge in [-0.1, -0.05) is 12.8 Å². The summed E-state index contributed by atoms with van der Waals surface area (Å²) < 4.78 is 5.37. The second kappa shape index (κ2) is 7.15. The molecule has 0 unspecified atom stereocenters. The van der Waals surface area contributed by atoms with Gasteiger partial charge in [-0.2, -0.15) is 4.98 Å². The highest BCUT2D eigenvalue weighted by atomic mass is 16.5. The predicted molar refractivity (Wildman–Crippen MR) is 95.2 cm³/mol. The molecule has 0 bridgehead atoms. The number of nitrogen functional groups attached to an aromatic ring is 1. The molecule has 1 aromatic heterocycles. The largest absolute Gasteiger partial charge is 0.381 e. The first-order valence-electron chi connectivity index (χ1n) is 9.49. The van der Waals surface area contributed by atoms with Gasteiger partial charge in [0.15, 0.2) is 0 Å². The van der Waals surface area contributed by atoms with E-state index in [0.29, 0.717) is 31.7 Å². The number of ether oxygens (including phenoxy) is 1. The van der Waals surface area contributed by atoms with Crippen molar-refractivity contribution in [3.8, 4) is 0 Å². The van der Waals surface area contributed by atoms with Gasteiger partial charge in [-0.05, 0) is 25.7 Å². The van der Waals surface area contributed by atoms with Crippen molar-refractivity contribution in [2.24, 2.45) is 5.92 Å². The third-order valence-corrected chi connectivity index (χ3v) is 5.65. The van der Waals surface area contributed by atoms with E-state index in [4.69, 9.17) is 10.5 Å². The van der Waals surface area contributed by atoms with Crippen LogP contribution in [0.25, 0.3) is 0 Å². The first-order valence-corrected chi connectivity index (χ1v) is 9.49. The third kappa shape index (κ3) is 3.56. The van der Waals surface area contributed by atoms with Crippen molar-refractivity contribution in [1.82, 2.24) is 14.9 Å². The van der Waals surface area contributed by atoms with Gasteiger partial charge in [-0.15, -0.1) is 0 Å². The zero-order valence-electron chi connectivity index (χ0n) is 14.7. The van der Waals surface area contributed by atoms with Crippen molar-refractivity contribution in [3.63, 3.8) is 0 Å². The molecule has 0 spiro atoms. The van der Waals surface area contributed by atoms with Gasteiger partial charge in [0.2, 0.25) is 11.9 Å². The van der Waals surface area contributed by atoms with Crippen molar-refractivity contribution in [3.05, 3.63) is 11.3 Å². The van der Waals surface area contributed by atoms with Crippen LogP contribution >= 0.6 is 0 Å². The number of nitrogens with one attached hydrogen (secondary N) is 1. The highest BCUT2D eigenvalue weighted by Gasteiger charge is 2.30. The Kier molecular flexibility index (Phi) is 4.74. The summed E-state index contributed by atoms with van der Waals surface area (Å²) in [6.07, 6.45) is 7.27. The van der Waals surface area contributed by atoms with Crippen LogP contribution in [0, 0.1) is 5.92 Å². The Morgan fingerprint density at radius 1 is 1.16 bits per heavy atom. The molecule has 1 amide bonds. The number of rotatable bonds is 3. The molecule has 1 saturated carbocycles. The maximum atomic E-state index is 12.7. The van der Waals surface area contributed by atoms with Crippen LogP contribution in [-0.2, 0) is 22.4 Å². The molecule has 3 N–H and O–H groups in total. The zero-order valence-corrected chi connectivity index (χ0v) is 14.7. The lowest BCUT2D eigenvalue weighted by Crippen LogP contribution is -2.38. The van der Waals surface area contributed by atoms with E-state index in [2.05, 4.69) is 15.3 Å². The molecule has 3 heterocycles. The minimum Gasteiger partial charge on any atom is -0.381 e. The summed E-state index contributed by atoms with van der Waals surface area (Å²) in [4.78, 5) is 23.6. The molecule has 3 aliphatic rings. The predicted octanol–water partition coefficient (Wildman–Crippen LogP) is 1.38. The van der Waals surface area contributed by atoms with E-state index in [1.807, 2.05) is 4.90 Å². The van der Waals surface area contributed by atoms with Crippen LogP contribution in [0.3, 0.4) is 0 Å². The molecular weight excluding hydrogens is 318 g/mol. The first-order chi connectivity index (χ1) is 12.2. The molecule has 136 valence electrons. The number of nitrogens with two attached hydrogens (primary N) is 1. The number of hydrogen-bond donors (Lipinski definition) is 2. The lowest BCUT2D eigenvalue weighted by molar-refractivity contribution is -0.135. The van der Waals surface area contributed by atoms with Crippen molar-refractivity contribution in [2.45, 2.75) is 51.0 Å². The van der Waals surface area contributed by atoms with Crippen molar-refractivity contribution >= 4 is 17.7 Å². The van der Waals surface area contributed by atoms with Gasteiger partial charge >= 0.3 is 0 Å². The molecule has 1 aliphatic carbocycles. The summed E-state index contributed by atoms with van der Waals surface area (Å²) in [6, 6.07) is 0.482. The summed E-state index contributed by atoms with van der Waals surface area (Å²) in [7, 11) is 0. The lowest BCUT2D eigenvalue weighted by Gasteiger charge is -2.23. The fraction of sp³-hybridized carbons (Fsp3) is 0.722. The molecule has 0 aromatic carbocycles. The summed E-state index contributed by atoms with van der Waals surface area (Å²) in [5, 5.41) is 3.58. The zero-order chi connectivity index (χ0) is 17.2. The SMILES string of the molecule is Nc1nc2c(c(NC3CCCC3)n1)CCN(C(=O)[C@H]1CCOC1)CC2. The van der Waals surface area contributed by atoms with E-state index in [-0.39, 0.29) is 11.8 Å². The number of aromatic nitrogens is 2. The fourth-order valence-electron chi connectivity index (χ4n) is 4.21. The second-order valence-corrected chi connectivity index (χ2v) is 7.37. The van der Waals surface area contributed by atoms with Crippen LogP contribution < -0.4 is 11.1 Å². The van der Waals surface area contributed by atoms with E-state index < -0.39 is 0 Å². The molecule has 25 heavy (non-hydrogen) atoms. The molecule has 1 saturated heterocycles. The molecule has 2 aliphatic heterocycles. The Labute approximate surface area is 148 Å². The molecule has 4 rings (SSSR count). The standard InChI is InChI=1S/C18H27N5O2/c19-18-21-15-6-9-23(17(24)12-7-10-25-11-12)8-5-14(15)16(22-18)20-13-3-1-2-4-13/h12-13H,1-11H2,(H3,19,20,21,22)/t12-/m0/s1. The van der Waals surface area contributed by atoms with Gasteiger partial charge in [-0.25, -0.2) is 4.98 Å². The summed E-state index contributed by atoms with van der Waals surface area (Å²) in [6.45, 7) is 2.67. The maximum Gasteiger partial charge on any atom is 0.228 e. The Morgan fingerprint density at radius 2 is 1.96 bits per heavy atom. The molecule has 7 nitrogen and oxygen atoms in total. The molecule has 1 atom stereocenters. The number of carbonyl (C=O) groups excluding carboxylic acids is 1. The van der Waals surface area contributed by atoms with Gasteiger partial charge in [0, 0.05) is 37.7 Å². The maximum absolute atomic E-state index is 12.7. The minimum absolute atomic E-state index is 0.0217.